The molecule has 110 valence electrons. The number of hydrogen-bond acceptors (Lipinski definition) is 1. The SMILES string of the molecule is OC(Cc1ccc(F)cc1Br)C1CCCc2ccccc21. The van der Waals surface area contributed by atoms with Crippen molar-refractivity contribution in [2.75, 3.05) is 0 Å². The fourth-order valence-electron chi connectivity index (χ4n) is 3.25. The molecule has 0 bridgehead atoms. The van der Waals surface area contributed by atoms with Gasteiger partial charge in [-0.25, -0.2) is 4.39 Å². The second kappa shape index (κ2) is 6.29. The van der Waals surface area contributed by atoms with Crippen molar-refractivity contribution in [3.63, 3.8) is 0 Å². The van der Waals surface area contributed by atoms with E-state index >= 15 is 0 Å². The first-order chi connectivity index (χ1) is 10.1. The molecule has 0 spiro atoms. The number of halogens is 2. The van der Waals surface area contributed by atoms with Crippen LogP contribution >= 0.6 is 15.9 Å². The molecule has 0 fully saturated rings. The second-order valence-corrected chi connectivity index (χ2v) is 6.56. The highest BCUT2D eigenvalue weighted by Gasteiger charge is 2.26. The molecule has 1 nitrogen and oxygen atoms in total. The van der Waals surface area contributed by atoms with Crippen LogP contribution in [0.4, 0.5) is 4.39 Å². The number of rotatable bonds is 3. The van der Waals surface area contributed by atoms with Crippen LogP contribution in [-0.4, -0.2) is 11.2 Å². The average Bonchev–Trinajstić information content (AvgIpc) is 2.49. The summed E-state index contributed by atoms with van der Waals surface area (Å²) in [5, 5.41) is 10.7. The van der Waals surface area contributed by atoms with E-state index in [4.69, 9.17) is 0 Å². The van der Waals surface area contributed by atoms with Crippen LogP contribution in [0.15, 0.2) is 46.9 Å². The van der Waals surface area contributed by atoms with E-state index in [2.05, 4.69) is 34.1 Å². The standard InChI is InChI=1S/C18H18BrFO/c19-17-11-14(20)9-8-13(17)10-18(21)16-7-3-5-12-4-1-2-6-15(12)16/h1-2,4,6,8-9,11,16,18,21H,3,5,7,10H2. The third-order valence-corrected chi connectivity index (χ3v) is 5.06. The fraction of sp³-hybridized carbons (Fsp3) is 0.333. The topological polar surface area (TPSA) is 20.2 Å². The summed E-state index contributed by atoms with van der Waals surface area (Å²) in [5.41, 5.74) is 3.58. The summed E-state index contributed by atoms with van der Waals surface area (Å²) >= 11 is 3.38. The molecule has 21 heavy (non-hydrogen) atoms. The molecule has 3 rings (SSSR count). The van der Waals surface area contributed by atoms with Crippen molar-refractivity contribution in [1.29, 1.82) is 0 Å². The fourth-order valence-corrected chi connectivity index (χ4v) is 3.76. The van der Waals surface area contributed by atoms with E-state index in [-0.39, 0.29) is 11.7 Å². The molecule has 2 atom stereocenters. The van der Waals surface area contributed by atoms with Gasteiger partial charge in [-0.1, -0.05) is 46.3 Å². The summed E-state index contributed by atoms with van der Waals surface area (Å²) in [4.78, 5) is 0. The van der Waals surface area contributed by atoms with Gasteiger partial charge in [-0.15, -0.1) is 0 Å². The molecule has 0 aromatic heterocycles. The van der Waals surface area contributed by atoms with Crippen LogP contribution in [0.25, 0.3) is 0 Å². The zero-order chi connectivity index (χ0) is 14.8. The predicted molar refractivity (Wildman–Crippen MR) is 85.9 cm³/mol. The van der Waals surface area contributed by atoms with Crippen LogP contribution in [0, 0.1) is 5.82 Å². The molecule has 0 saturated carbocycles. The van der Waals surface area contributed by atoms with Gasteiger partial charge < -0.3 is 5.11 Å². The number of aliphatic hydroxyl groups excluding tert-OH is 1. The Morgan fingerprint density at radius 3 is 2.86 bits per heavy atom. The van der Waals surface area contributed by atoms with Gasteiger partial charge in [-0.2, -0.15) is 0 Å². The first-order valence-corrected chi connectivity index (χ1v) is 8.14. The summed E-state index contributed by atoms with van der Waals surface area (Å²) in [6.07, 6.45) is 3.33. The summed E-state index contributed by atoms with van der Waals surface area (Å²) in [7, 11) is 0. The Hall–Kier alpha value is -1.19. The van der Waals surface area contributed by atoms with Gasteiger partial charge in [0.15, 0.2) is 0 Å². The second-order valence-electron chi connectivity index (χ2n) is 5.70. The summed E-state index contributed by atoms with van der Waals surface area (Å²) in [6, 6.07) is 13.0. The molecule has 3 heteroatoms. The molecular weight excluding hydrogens is 331 g/mol. The predicted octanol–water partition coefficient (Wildman–Crippen LogP) is 4.61. The number of hydrogen-bond donors (Lipinski definition) is 1. The number of aliphatic hydroxyl groups is 1. The normalized spacial score (nSPS) is 19.1. The van der Waals surface area contributed by atoms with Gasteiger partial charge in [0.1, 0.15) is 5.82 Å². The Bertz CT molecular complexity index is 641. The minimum Gasteiger partial charge on any atom is -0.392 e. The zero-order valence-corrected chi connectivity index (χ0v) is 13.3. The minimum atomic E-state index is -0.437. The molecule has 0 amide bonds. The van der Waals surface area contributed by atoms with Crippen molar-refractivity contribution in [1.82, 2.24) is 0 Å². The van der Waals surface area contributed by atoms with Gasteiger partial charge in [-0.3, -0.25) is 0 Å². The largest absolute Gasteiger partial charge is 0.392 e. The van der Waals surface area contributed by atoms with Gasteiger partial charge >= 0.3 is 0 Å². The van der Waals surface area contributed by atoms with Crippen LogP contribution in [0.3, 0.4) is 0 Å². The lowest BCUT2D eigenvalue weighted by Crippen LogP contribution is -2.25. The van der Waals surface area contributed by atoms with Crippen LogP contribution < -0.4 is 0 Å². The third-order valence-electron chi connectivity index (χ3n) is 4.32. The lowest BCUT2D eigenvalue weighted by molar-refractivity contribution is 0.134. The van der Waals surface area contributed by atoms with Crippen molar-refractivity contribution in [2.45, 2.75) is 37.7 Å². The molecule has 0 aliphatic heterocycles. The molecule has 0 saturated heterocycles. The van der Waals surface area contributed by atoms with Gasteiger partial charge in [0.05, 0.1) is 6.10 Å². The van der Waals surface area contributed by atoms with E-state index in [0.29, 0.717) is 6.42 Å². The zero-order valence-electron chi connectivity index (χ0n) is 11.7. The van der Waals surface area contributed by atoms with Crippen molar-refractivity contribution >= 4 is 15.9 Å². The molecule has 2 aromatic rings. The Labute approximate surface area is 132 Å². The molecule has 1 aliphatic carbocycles. The van der Waals surface area contributed by atoms with E-state index in [0.717, 1.165) is 29.3 Å². The van der Waals surface area contributed by atoms with E-state index in [9.17, 15) is 9.50 Å². The highest BCUT2D eigenvalue weighted by Crippen LogP contribution is 2.35. The van der Waals surface area contributed by atoms with Crippen molar-refractivity contribution in [2.24, 2.45) is 0 Å². The molecule has 2 unspecified atom stereocenters. The lowest BCUT2D eigenvalue weighted by atomic mass is 9.78. The van der Waals surface area contributed by atoms with Crippen molar-refractivity contribution < 1.29 is 9.50 Å². The van der Waals surface area contributed by atoms with Crippen molar-refractivity contribution in [3.05, 3.63) is 69.4 Å². The highest BCUT2D eigenvalue weighted by atomic mass is 79.9. The van der Waals surface area contributed by atoms with Crippen LogP contribution in [0.5, 0.6) is 0 Å². The smallest absolute Gasteiger partial charge is 0.124 e. The van der Waals surface area contributed by atoms with Gasteiger partial charge in [0.2, 0.25) is 0 Å². The lowest BCUT2D eigenvalue weighted by Gasteiger charge is -2.29. The van der Waals surface area contributed by atoms with Gasteiger partial charge in [0, 0.05) is 16.8 Å². The Kier molecular flexibility index (Phi) is 4.41. The highest BCUT2D eigenvalue weighted by molar-refractivity contribution is 9.10. The maximum absolute atomic E-state index is 13.1. The average molecular weight is 349 g/mol. The first-order valence-electron chi connectivity index (χ1n) is 7.35. The van der Waals surface area contributed by atoms with Crippen LogP contribution in [0.1, 0.15) is 35.4 Å². The van der Waals surface area contributed by atoms with Gasteiger partial charge in [0.25, 0.3) is 0 Å². The molecule has 1 N–H and O–H groups in total. The maximum Gasteiger partial charge on any atom is 0.124 e. The maximum atomic E-state index is 13.1. The Balaban J connectivity index is 1.81. The van der Waals surface area contributed by atoms with Crippen molar-refractivity contribution in [3.8, 4) is 0 Å². The summed E-state index contributed by atoms with van der Waals surface area (Å²) in [6.45, 7) is 0. The van der Waals surface area contributed by atoms with Crippen LogP contribution in [-0.2, 0) is 12.8 Å². The molecule has 0 radical (unpaired) electrons. The molecular formula is C18H18BrFO. The quantitative estimate of drug-likeness (QED) is 0.858. The number of fused-ring (bicyclic) bond motifs is 1. The van der Waals surface area contributed by atoms with Gasteiger partial charge in [-0.05, 0) is 48.1 Å². The molecule has 0 heterocycles. The minimum absolute atomic E-state index is 0.173. The van der Waals surface area contributed by atoms with E-state index in [1.54, 1.807) is 6.07 Å². The number of aryl methyl sites for hydroxylation is 1. The van der Waals surface area contributed by atoms with E-state index in [1.165, 1.54) is 23.3 Å². The Morgan fingerprint density at radius 2 is 2.05 bits per heavy atom. The Morgan fingerprint density at radius 1 is 1.24 bits per heavy atom. The van der Waals surface area contributed by atoms with E-state index in [1.807, 2.05) is 6.07 Å². The monoisotopic (exact) mass is 348 g/mol. The third kappa shape index (κ3) is 3.19. The van der Waals surface area contributed by atoms with Crippen LogP contribution in [0.2, 0.25) is 0 Å². The van der Waals surface area contributed by atoms with E-state index < -0.39 is 6.10 Å². The molecule has 1 aliphatic rings. The summed E-state index contributed by atoms with van der Waals surface area (Å²) < 4.78 is 13.9. The summed E-state index contributed by atoms with van der Waals surface area (Å²) in [5.74, 6) is -0.0879. The molecule has 2 aromatic carbocycles. The first kappa shape index (κ1) is 14.7. The number of benzene rings is 2.